The van der Waals surface area contributed by atoms with Crippen LogP contribution >= 0.6 is 0 Å². The van der Waals surface area contributed by atoms with E-state index >= 15 is 0 Å². The number of alkyl halides is 3. The number of hydrogen-bond donors (Lipinski definition) is 2. The largest absolute Gasteiger partial charge is 0.416 e. The van der Waals surface area contributed by atoms with Crippen molar-refractivity contribution in [3.63, 3.8) is 0 Å². The molecule has 7 nitrogen and oxygen atoms in total. The third-order valence-corrected chi connectivity index (χ3v) is 5.87. The highest BCUT2D eigenvalue weighted by Crippen LogP contribution is 2.33. The first-order chi connectivity index (χ1) is 16.2. The molecule has 0 saturated carbocycles. The van der Waals surface area contributed by atoms with Crippen LogP contribution in [0.25, 0.3) is 33.2 Å². The number of nitrogens with one attached hydrogen (secondary N) is 1. The number of hydrogen-bond acceptors (Lipinski definition) is 4. The fourth-order valence-electron chi connectivity index (χ4n) is 4.11. The number of aromatic amines is 1. The molecule has 174 valence electrons. The quantitative estimate of drug-likeness (QED) is 0.475. The fraction of sp³-hybridized carbons (Fsp3) is 0.208. The van der Waals surface area contributed by atoms with E-state index in [1.54, 1.807) is 23.1 Å². The van der Waals surface area contributed by atoms with E-state index in [0.29, 0.717) is 65.1 Å². The number of primary amides is 1. The number of nitrogens with zero attached hydrogens (tertiary/aromatic N) is 2. The van der Waals surface area contributed by atoms with Crippen LogP contribution < -0.4 is 5.73 Å². The van der Waals surface area contributed by atoms with Gasteiger partial charge in [0.1, 0.15) is 0 Å². The molecule has 0 radical (unpaired) electrons. The van der Waals surface area contributed by atoms with E-state index in [1.165, 1.54) is 18.2 Å². The van der Waals surface area contributed by atoms with Crippen molar-refractivity contribution >= 4 is 33.8 Å². The number of nitrogens with two attached hydrogens (primary N) is 1. The lowest BCUT2D eigenvalue weighted by Gasteiger charge is -2.26. The van der Waals surface area contributed by atoms with Crippen LogP contribution in [-0.2, 0) is 10.9 Å². The molecule has 2 aromatic heterocycles. The minimum Gasteiger partial charge on any atom is -0.378 e. The molecule has 3 heterocycles. The highest BCUT2D eigenvalue weighted by Gasteiger charge is 2.30. The molecule has 2 amide bonds. The van der Waals surface area contributed by atoms with Crippen molar-refractivity contribution in [2.75, 3.05) is 26.3 Å². The van der Waals surface area contributed by atoms with Crippen LogP contribution in [0, 0.1) is 0 Å². The van der Waals surface area contributed by atoms with E-state index in [1.807, 2.05) is 0 Å². The summed E-state index contributed by atoms with van der Waals surface area (Å²) in [5, 5.41) is 0.657. The number of rotatable bonds is 3. The number of carbonyl (C=O) groups excluding carboxylic acids is 2. The van der Waals surface area contributed by atoms with Crippen LogP contribution in [0.5, 0.6) is 0 Å². The van der Waals surface area contributed by atoms with Crippen LogP contribution in [0.15, 0.2) is 48.5 Å². The molecule has 1 aliphatic rings. The molecule has 0 aliphatic carbocycles. The Hall–Kier alpha value is -3.92. The molecule has 10 heteroatoms. The van der Waals surface area contributed by atoms with Crippen molar-refractivity contribution in [2.24, 2.45) is 5.73 Å². The van der Waals surface area contributed by atoms with Gasteiger partial charge in [-0.05, 0) is 36.4 Å². The molecule has 0 atom stereocenters. The van der Waals surface area contributed by atoms with E-state index < -0.39 is 17.6 Å². The van der Waals surface area contributed by atoms with Crippen LogP contribution in [-0.4, -0.2) is 53.0 Å². The average Bonchev–Trinajstić information content (AvgIpc) is 3.20. The summed E-state index contributed by atoms with van der Waals surface area (Å²) < 4.78 is 44.1. The first-order valence-electron chi connectivity index (χ1n) is 10.5. The molecule has 5 rings (SSSR count). The van der Waals surface area contributed by atoms with Gasteiger partial charge in [-0.15, -0.1) is 0 Å². The van der Waals surface area contributed by atoms with Gasteiger partial charge in [0, 0.05) is 35.1 Å². The number of carbonyl (C=O) groups is 2. The van der Waals surface area contributed by atoms with Gasteiger partial charge < -0.3 is 20.4 Å². The van der Waals surface area contributed by atoms with Gasteiger partial charge in [-0.2, -0.15) is 13.2 Å². The van der Waals surface area contributed by atoms with Gasteiger partial charge in [-0.3, -0.25) is 9.59 Å². The molecule has 1 saturated heterocycles. The summed E-state index contributed by atoms with van der Waals surface area (Å²) in [7, 11) is 0. The number of H-pyrrole nitrogens is 1. The Labute approximate surface area is 191 Å². The Kier molecular flexibility index (Phi) is 5.24. The Bertz CT molecular complexity index is 1420. The second kappa shape index (κ2) is 8.14. The summed E-state index contributed by atoms with van der Waals surface area (Å²) in [5.74, 6) is -0.839. The zero-order chi connectivity index (χ0) is 24.0. The molecule has 0 spiro atoms. The fourth-order valence-corrected chi connectivity index (χ4v) is 4.11. The number of ether oxygens (including phenoxy) is 1. The highest BCUT2D eigenvalue weighted by molar-refractivity contribution is 6.14. The Morgan fingerprint density at radius 3 is 2.38 bits per heavy atom. The van der Waals surface area contributed by atoms with Crippen molar-refractivity contribution in [2.45, 2.75) is 6.18 Å². The lowest BCUT2D eigenvalue weighted by molar-refractivity contribution is -0.137. The summed E-state index contributed by atoms with van der Waals surface area (Å²) >= 11 is 0. The minimum absolute atomic E-state index is 0.127. The molecule has 1 fully saturated rings. The summed E-state index contributed by atoms with van der Waals surface area (Å²) in [5.41, 5.74) is 7.59. The Morgan fingerprint density at radius 1 is 1.03 bits per heavy atom. The monoisotopic (exact) mass is 468 g/mol. The van der Waals surface area contributed by atoms with Gasteiger partial charge in [0.05, 0.1) is 41.1 Å². The number of halogens is 3. The zero-order valence-electron chi connectivity index (χ0n) is 17.8. The summed E-state index contributed by atoms with van der Waals surface area (Å²) in [4.78, 5) is 34.5. The predicted octanol–water partition coefficient (Wildman–Crippen LogP) is 3.97. The van der Waals surface area contributed by atoms with Crippen molar-refractivity contribution < 1.29 is 27.5 Å². The highest BCUT2D eigenvalue weighted by atomic mass is 19.4. The third kappa shape index (κ3) is 3.86. The lowest BCUT2D eigenvalue weighted by atomic mass is 10.0. The van der Waals surface area contributed by atoms with Gasteiger partial charge in [-0.25, -0.2) is 4.98 Å². The van der Waals surface area contributed by atoms with Crippen LogP contribution in [0.1, 0.15) is 26.3 Å². The van der Waals surface area contributed by atoms with E-state index in [4.69, 9.17) is 10.5 Å². The van der Waals surface area contributed by atoms with Crippen LogP contribution in [0.3, 0.4) is 0 Å². The van der Waals surface area contributed by atoms with E-state index in [2.05, 4.69) is 9.97 Å². The number of fused-ring (bicyclic) bond motifs is 3. The second-order valence-electron chi connectivity index (χ2n) is 8.01. The zero-order valence-corrected chi connectivity index (χ0v) is 17.8. The lowest BCUT2D eigenvalue weighted by Crippen LogP contribution is -2.40. The number of morpholine rings is 1. The first-order valence-corrected chi connectivity index (χ1v) is 10.5. The van der Waals surface area contributed by atoms with Gasteiger partial charge >= 0.3 is 6.18 Å². The minimum atomic E-state index is -4.46. The summed E-state index contributed by atoms with van der Waals surface area (Å²) in [6.45, 7) is 1.98. The maximum absolute atomic E-state index is 12.9. The van der Waals surface area contributed by atoms with Crippen LogP contribution in [0.4, 0.5) is 13.2 Å². The van der Waals surface area contributed by atoms with E-state index in [9.17, 15) is 22.8 Å². The second-order valence-corrected chi connectivity index (χ2v) is 8.01. The molecule has 3 N–H and O–H groups in total. The normalized spacial score (nSPS) is 14.6. The molecular weight excluding hydrogens is 449 g/mol. The van der Waals surface area contributed by atoms with Crippen LogP contribution in [0.2, 0.25) is 0 Å². The van der Waals surface area contributed by atoms with Crippen molar-refractivity contribution in [1.29, 1.82) is 0 Å². The standard InChI is InChI=1S/C24H19F3N4O3/c25-24(26,27)15-4-1-13(2-5-15)18-12-17(22(28)32)21-20(29-18)16-6-3-14(11-19(16)30-21)23(33)31-7-9-34-10-8-31/h1-6,11-12,30H,7-10H2,(H2,28,32). The predicted molar refractivity (Wildman–Crippen MR) is 119 cm³/mol. The van der Waals surface area contributed by atoms with Gasteiger partial charge in [0.2, 0.25) is 0 Å². The SMILES string of the molecule is NC(=O)c1cc(-c2ccc(C(F)(F)F)cc2)nc2c1[nH]c1cc(C(=O)N3CCOCC3)ccc12. The molecule has 0 unspecified atom stereocenters. The Morgan fingerprint density at radius 2 is 1.74 bits per heavy atom. The molecule has 4 aromatic rings. The van der Waals surface area contributed by atoms with Crippen molar-refractivity contribution in [1.82, 2.24) is 14.9 Å². The van der Waals surface area contributed by atoms with Crippen molar-refractivity contribution in [3.8, 4) is 11.3 Å². The number of pyridine rings is 1. The van der Waals surface area contributed by atoms with Gasteiger partial charge in [0.25, 0.3) is 11.8 Å². The molecular formula is C24H19F3N4O3. The molecule has 0 bridgehead atoms. The molecule has 1 aliphatic heterocycles. The third-order valence-electron chi connectivity index (χ3n) is 5.87. The van der Waals surface area contributed by atoms with E-state index in [-0.39, 0.29) is 11.5 Å². The van der Waals surface area contributed by atoms with Gasteiger partial charge in [-0.1, -0.05) is 12.1 Å². The van der Waals surface area contributed by atoms with Crippen molar-refractivity contribution in [3.05, 3.63) is 65.2 Å². The number of benzene rings is 2. The molecule has 2 aromatic carbocycles. The Balaban J connectivity index is 1.61. The average molecular weight is 468 g/mol. The summed E-state index contributed by atoms with van der Waals surface area (Å²) in [6, 6.07) is 11.1. The maximum Gasteiger partial charge on any atom is 0.416 e. The maximum atomic E-state index is 12.9. The number of aromatic nitrogens is 2. The number of amides is 2. The molecule has 34 heavy (non-hydrogen) atoms. The van der Waals surface area contributed by atoms with Gasteiger partial charge in [0.15, 0.2) is 0 Å². The first kappa shape index (κ1) is 21.9. The smallest absolute Gasteiger partial charge is 0.378 e. The van der Waals surface area contributed by atoms with E-state index in [0.717, 1.165) is 12.1 Å². The topological polar surface area (TPSA) is 101 Å². The summed E-state index contributed by atoms with van der Waals surface area (Å²) in [6.07, 6.45) is -4.46.